The number of anilines is 2. The Bertz CT molecular complexity index is 865. The number of hydrogen-bond donors (Lipinski definition) is 2. The molecule has 5 nitrogen and oxygen atoms in total. The smallest absolute Gasteiger partial charge is 0.225 e. The molecule has 2 aromatic carbocycles. The highest BCUT2D eigenvalue weighted by Crippen LogP contribution is 2.22. The largest absolute Gasteiger partial charge is 0.497 e. The minimum atomic E-state index is 0.264. The van der Waals surface area contributed by atoms with Gasteiger partial charge >= 0.3 is 0 Å². The standard InChI is InChI=1S/C22H26N4O/c1-16(2)24-22-25-20(18-9-5-4-6-10-18)15-21(26-22)23-13-12-17-8-7-11-19(14-17)27-3/h4-11,14-16H,12-13H2,1-3H3,(H2,23,24,25,26). The van der Waals surface area contributed by atoms with E-state index >= 15 is 0 Å². The summed E-state index contributed by atoms with van der Waals surface area (Å²) >= 11 is 0. The van der Waals surface area contributed by atoms with Crippen LogP contribution in [-0.4, -0.2) is 29.7 Å². The molecule has 3 aromatic rings. The zero-order valence-corrected chi connectivity index (χ0v) is 16.1. The molecule has 0 amide bonds. The molecule has 0 spiro atoms. The van der Waals surface area contributed by atoms with Crippen molar-refractivity contribution < 1.29 is 4.74 Å². The molecule has 0 aliphatic carbocycles. The van der Waals surface area contributed by atoms with Gasteiger partial charge in [-0.1, -0.05) is 42.5 Å². The summed E-state index contributed by atoms with van der Waals surface area (Å²) in [7, 11) is 1.69. The highest BCUT2D eigenvalue weighted by molar-refractivity contribution is 5.64. The SMILES string of the molecule is COc1cccc(CCNc2cc(-c3ccccc3)nc(NC(C)C)n2)c1. The van der Waals surface area contributed by atoms with Gasteiger partial charge in [-0.2, -0.15) is 4.98 Å². The van der Waals surface area contributed by atoms with Crippen LogP contribution in [0, 0.1) is 0 Å². The number of rotatable bonds is 8. The van der Waals surface area contributed by atoms with Crippen LogP contribution in [0.1, 0.15) is 19.4 Å². The van der Waals surface area contributed by atoms with Crippen LogP contribution < -0.4 is 15.4 Å². The highest BCUT2D eigenvalue weighted by atomic mass is 16.5. The van der Waals surface area contributed by atoms with E-state index in [0.29, 0.717) is 5.95 Å². The van der Waals surface area contributed by atoms with Gasteiger partial charge in [-0.25, -0.2) is 4.98 Å². The number of aromatic nitrogens is 2. The average Bonchev–Trinajstić information content (AvgIpc) is 2.68. The van der Waals surface area contributed by atoms with Crippen molar-refractivity contribution in [3.63, 3.8) is 0 Å². The van der Waals surface area contributed by atoms with E-state index in [-0.39, 0.29) is 6.04 Å². The molecule has 27 heavy (non-hydrogen) atoms. The van der Waals surface area contributed by atoms with Gasteiger partial charge in [0.15, 0.2) is 0 Å². The van der Waals surface area contributed by atoms with E-state index < -0.39 is 0 Å². The lowest BCUT2D eigenvalue weighted by atomic mass is 10.1. The lowest BCUT2D eigenvalue weighted by Crippen LogP contribution is -2.14. The van der Waals surface area contributed by atoms with Gasteiger partial charge < -0.3 is 15.4 Å². The molecule has 0 aliphatic rings. The first kappa shape index (κ1) is 18.7. The van der Waals surface area contributed by atoms with E-state index in [9.17, 15) is 0 Å². The summed E-state index contributed by atoms with van der Waals surface area (Å²) in [4.78, 5) is 9.26. The second kappa shape index (κ2) is 9.03. The van der Waals surface area contributed by atoms with Crippen LogP contribution >= 0.6 is 0 Å². The average molecular weight is 362 g/mol. The van der Waals surface area contributed by atoms with Crippen molar-refractivity contribution in [3.05, 3.63) is 66.2 Å². The Hall–Kier alpha value is -3.08. The summed E-state index contributed by atoms with van der Waals surface area (Å²) in [5.41, 5.74) is 3.19. The van der Waals surface area contributed by atoms with Crippen molar-refractivity contribution in [3.8, 4) is 17.0 Å². The Morgan fingerprint density at radius 1 is 0.963 bits per heavy atom. The van der Waals surface area contributed by atoms with Crippen molar-refractivity contribution in [2.45, 2.75) is 26.3 Å². The van der Waals surface area contributed by atoms with Crippen molar-refractivity contribution in [2.75, 3.05) is 24.3 Å². The summed E-state index contributed by atoms with van der Waals surface area (Å²) in [6.45, 7) is 4.93. The second-order valence-electron chi connectivity index (χ2n) is 6.66. The van der Waals surface area contributed by atoms with E-state index in [4.69, 9.17) is 4.74 Å². The summed E-state index contributed by atoms with van der Waals surface area (Å²) in [5, 5.41) is 6.72. The second-order valence-corrected chi connectivity index (χ2v) is 6.66. The Morgan fingerprint density at radius 2 is 1.78 bits per heavy atom. The van der Waals surface area contributed by atoms with Crippen molar-refractivity contribution in [1.29, 1.82) is 0 Å². The zero-order valence-electron chi connectivity index (χ0n) is 16.1. The molecule has 0 bridgehead atoms. The van der Waals surface area contributed by atoms with Crippen LogP contribution in [-0.2, 0) is 6.42 Å². The maximum Gasteiger partial charge on any atom is 0.225 e. The van der Waals surface area contributed by atoms with E-state index in [1.54, 1.807) is 7.11 Å². The van der Waals surface area contributed by atoms with Crippen LogP contribution in [0.2, 0.25) is 0 Å². The topological polar surface area (TPSA) is 59.1 Å². The number of ether oxygens (including phenoxy) is 1. The lowest BCUT2D eigenvalue weighted by molar-refractivity contribution is 0.414. The number of hydrogen-bond acceptors (Lipinski definition) is 5. The number of methoxy groups -OCH3 is 1. The maximum absolute atomic E-state index is 5.29. The van der Waals surface area contributed by atoms with Gasteiger partial charge in [-0.15, -0.1) is 0 Å². The van der Waals surface area contributed by atoms with Crippen molar-refractivity contribution in [1.82, 2.24) is 9.97 Å². The molecule has 1 aromatic heterocycles. The summed E-state index contributed by atoms with van der Waals surface area (Å²) < 4.78 is 5.29. The van der Waals surface area contributed by atoms with Gasteiger partial charge in [-0.05, 0) is 38.0 Å². The van der Waals surface area contributed by atoms with Crippen molar-refractivity contribution >= 4 is 11.8 Å². The van der Waals surface area contributed by atoms with Gasteiger partial charge in [-0.3, -0.25) is 0 Å². The van der Waals surface area contributed by atoms with E-state index in [1.807, 2.05) is 36.4 Å². The first-order valence-electron chi connectivity index (χ1n) is 9.22. The zero-order chi connectivity index (χ0) is 19.1. The Balaban J connectivity index is 1.75. The summed E-state index contributed by atoms with van der Waals surface area (Å²) in [6, 6.07) is 20.5. The molecule has 0 atom stereocenters. The molecule has 1 heterocycles. The minimum absolute atomic E-state index is 0.264. The summed E-state index contributed by atoms with van der Waals surface area (Å²) in [6.07, 6.45) is 0.884. The number of nitrogens with zero attached hydrogens (tertiary/aromatic N) is 2. The molecule has 0 aliphatic heterocycles. The third-order valence-electron chi connectivity index (χ3n) is 4.07. The lowest BCUT2D eigenvalue weighted by Gasteiger charge is -2.13. The Kier molecular flexibility index (Phi) is 6.26. The quantitative estimate of drug-likeness (QED) is 0.612. The monoisotopic (exact) mass is 362 g/mol. The molecule has 0 fully saturated rings. The molecule has 0 unspecified atom stereocenters. The molecule has 2 N–H and O–H groups in total. The van der Waals surface area contributed by atoms with Crippen LogP contribution in [0.3, 0.4) is 0 Å². The van der Waals surface area contributed by atoms with Crippen LogP contribution in [0.25, 0.3) is 11.3 Å². The molecule has 140 valence electrons. The normalized spacial score (nSPS) is 10.7. The predicted molar refractivity (Wildman–Crippen MR) is 111 cm³/mol. The fourth-order valence-corrected chi connectivity index (χ4v) is 2.78. The fraction of sp³-hybridized carbons (Fsp3) is 0.273. The van der Waals surface area contributed by atoms with Gasteiger partial charge in [0.1, 0.15) is 11.6 Å². The fourth-order valence-electron chi connectivity index (χ4n) is 2.78. The number of nitrogens with one attached hydrogen (secondary N) is 2. The summed E-state index contributed by atoms with van der Waals surface area (Å²) in [5.74, 6) is 2.33. The Labute approximate surface area is 160 Å². The molecule has 0 saturated heterocycles. The van der Waals surface area contributed by atoms with Gasteiger partial charge in [0.2, 0.25) is 5.95 Å². The molecular weight excluding hydrogens is 336 g/mol. The highest BCUT2D eigenvalue weighted by Gasteiger charge is 2.08. The number of benzene rings is 2. The van der Waals surface area contributed by atoms with Gasteiger partial charge in [0, 0.05) is 24.2 Å². The molecule has 5 heteroatoms. The van der Waals surface area contributed by atoms with Crippen LogP contribution in [0.5, 0.6) is 5.75 Å². The molecule has 0 radical (unpaired) electrons. The first-order valence-corrected chi connectivity index (χ1v) is 9.22. The maximum atomic E-state index is 5.29. The molecule has 3 rings (SSSR count). The van der Waals surface area contributed by atoms with E-state index in [0.717, 1.165) is 35.8 Å². The van der Waals surface area contributed by atoms with E-state index in [1.165, 1.54) is 5.56 Å². The van der Waals surface area contributed by atoms with E-state index in [2.05, 4.69) is 58.7 Å². The predicted octanol–water partition coefficient (Wildman–Crippen LogP) is 4.63. The minimum Gasteiger partial charge on any atom is -0.497 e. The third-order valence-corrected chi connectivity index (χ3v) is 4.07. The van der Waals surface area contributed by atoms with Gasteiger partial charge in [0.25, 0.3) is 0 Å². The Morgan fingerprint density at radius 3 is 2.52 bits per heavy atom. The van der Waals surface area contributed by atoms with Gasteiger partial charge in [0.05, 0.1) is 12.8 Å². The molecular formula is C22H26N4O. The van der Waals surface area contributed by atoms with Crippen LogP contribution in [0.15, 0.2) is 60.7 Å². The molecule has 0 saturated carbocycles. The van der Waals surface area contributed by atoms with Crippen LogP contribution in [0.4, 0.5) is 11.8 Å². The first-order chi connectivity index (χ1) is 13.1. The van der Waals surface area contributed by atoms with Crippen molar-refractivity contribution in [2.24, 2.45) is 0 Å². The third kappa shape index (κ3) is 5.45.